The predicted molar refractivity (Wildman–Crippen MR) is 49.2 cm³/mol. The van der Waals surface area contributed by atoms with Gasteiger partial charge in [-0.25, -0.2) is 0 Å². The van der Waals surface area contributed by atoms with Gasteiger partial charge >= 0.3 is 0 Å². The van der Waals surface area contributed by atoms with E-state index < -0.39 is 0 Å². The average Bonchev–Trinajstić information content (AvgIpc) is 2.62. The zero-order chi connectivity index (χ0) is 9.10. The Hall–Kier alpha value is -0.800. The van der Waals surface area contributed by atoms with Crippen molar-refractivity contribution in [1.82, 2.24) is 4.90 Å². The molecule has 1 N–H and O–H groups in total. The van der Waals surface area contributed by atoms with Crippen LogP contribution in [0.5, 0.6) is 0 Å². The van der Waals surface area contributed by atoms with E-state index in [4.69, 9.17) is 4.42 Å². The first-order valence-electron chi connectivity index (χ1n) is 4.76. The third kappa shape index (κ3) is 2.32. The largest absolute Gasteiger partial charge is 0.472 e. The summed E-state index contributed by atoms with van der Waals surface area (Å²) in [6, 6.07) is 1.99. The van der Waals surface area contributed by atoms with E-state index in [1.807, 2.05) is 6.07 Å². The summed E-state index contributed by atoms with van der Waals surface area (Å²) in [7, 11) is 0. The molecule has 0 aromatic carbocycles. The van der Waals surface area contributed by atoms with E-state index in [0.717, 1.165) is 32.5 Å². The Kier molecular flexibility index (Phi) is 2.66. The summed E-state index contributed by atoms with van der Waals surface area (Å²) in [5.41, 5.74) is 1.22. The van der Waals surface area contributed by atoms with Crippen LogP contribution in [0.2, 0.25) is 0 Å². The summed E-state index contributed by atoms with van der Waals surface area (Å²) in [5.74, 6) is 0. The molecule has 0 saturated carbocycles. The molecule has 0 radical (unpaired) electrons. The molecule has 1 aliphatic heterocycles. The number of furan rings is 1. The van der Waals surface area contributed by atoms with Crippen molar-refractivity contribution in [2.75, 3.05) is 13.1 Å². The standard InChI is InChI=1S/C10H15NO2/c12-10-1-4-11(5-2-10)7-9-3-6-13-8-9/h3,6,8,10,12H,1-2,4-5,7H2. The monoisotopic (exact) mass is 181 g/mol. The van der Waals surface area contributed by atoms with Crippen LogP contribution in [0.4, 0.5) is 0 Å². The molecule has 2 rings (SSSR count). The van der Waals surface area contributed by atoms with Crippen molar-refractivity contribution in [2.24, 2.45) is 0 Å². The zero-order valence-corrected chi connectivity index (χ0v) is 7.65. The maximum atomic E-state index is 9.31. The molecule has 0 amide bonds. The molecule has 3 nitrogen and oxygen atoms in total. The topological polar surface area (TPSA) is 36.6 Å². The third-order valence-corrected chi connectivity index (χ3v) is 2.54. The van der Waals surface area contributed by atoms with Crippen LogP contribution in [0, 0.1) is 0 Å². The van der Waals surface area contributed by atoms with Crippen LogP contribution in [0.3, 0.4) is 0 Å². The molecule has 0 atom stereocenters. The molecular weight excluding hydrogens is 166 g/mol. The maximum Gasteiger partial charge on any atom is 0.0947 e. The van der Waals surface area contributed by atoms with Crippen LogP contribution in [0.15, 0.2) is 23.0 Å². The van der Waals surface area contributed by atoms with Crippen LogP contribution in [-0.2, 0) is 6.54 Å². The lowest BCUT2D eigenvalue weighted by Crippen LogP contribution is -2.35. The molecule has 2 heterocycles. The summed E-state index contributed by atoms with van der Waals surface area (Å²) < 4.78 is 5.00. The van der Waals surface area contributed by atoms with E-state index in [1.54, 1.807) is 12.5 Å². The Morgan fingerprint density at radius 3 is 2.85 bits per heavy atom. The minimum atomic E-state index is -0.0828. The fraction of sp³-hybridized carbons (Fsp3) is 0.600. The van der Waals surface area contributed by atoms with Crippen molar-refractivity contribution >= 4 is 0 Å². The highest BCUT2D eigenvalue weighted by Crippen LogP contribution is 2.13. The molecule has 1 fully saturated rings. The first-order chi connectivity index (χ1) is 6.34. The Bertz CT molecular complexity index is 237. The zero-order valence-electron chi connectivity index (χ0n) is 7.65. The maximum absolute atomic E-state index is 9.31. The van der Waals surface area contributed by atoms with Gasteiger partial charge in [-0.1, -0.05) is 0 Å². The lowest BCUT2D eigenvalue weighted by Gasteiger charge is -2.28. The molecule has 0 unspecified atom stereocenters. The second-order valence-electron chi connectivity index (χ2n) is 3.64. The fourth-order valence-electron chi connectivity index (χ4n) is 1.72. The molecule has 13 heavy (non-hydrogen) atoms. The van der Waals surface area contributed by atoms with Gasteiger partial charge < -0.3 is 9.52 Å². The van der Waals surface area contributed by atoms with Crippen LogP contribution in [-0.4, -0.2) is 29.2 Å². The molecule has 0 aliphatic carbocycles. The summed E-state index contributed by atoms with van der Waals surface area (Å²) in [6.45, 7) is 2.93. The molecular formula is C10H15NO2. The van der Waals surface area contributed by atoms with E-state index in [2.05, 4.69) is 4.90 Å². The van der Waals surface area contributed by atoms with Gasteiger partial charge in [0.2, 0.25) is 0 Å². The number of aliphatic hydroxyl groups excluding tert-OH is 1. The third-order valence-electron chi connectivity index (χ3n) is 2.54. The lowest BCUT2D eigenvalue weighted by molar-refractivity contribution is 0.0791. The van der Waals surface area contributed by atoms with Crippen LogP contribution >= 0.6 is 0 Å². The number of rotatable bonds is 2. The first kappa shape index (κ1) is 8.78. The summed E-state index contributed by atoms with van der Waals surface area (Å²) in [5, 5.41) is 9.31. The second-order valence-corrected chi connectivity index (χ2v) is 3.64. The summed E-state index contributed by atoms with van der Waals surface area (Å²) >= 11 is 0. The molecule has 1 aromatic rings. The Morgan fingerprint density at radius 2 is 2.23 bits per heavy atom. The van der Waals surface area contributed by atoms with Gasteiger partial charge in [-0.2, -0.15) is 0 Å². The second kappa shape index (κ2) is 3.94. The Balaban J connectivity index is 1.83. The number of hydrogen-bond donors (Lipinski definition) is 1. The van der Waals surface area contributed by atoms with Gasteiger partial charge in [0.15, 0.2) is 0 Å². The number of likely N-dealkylation sites (tertiary alicyclic amines) is 1. The Morgan fingerprint density at radius 1 is 1.46 bits per heavy atom. The fourth-order valence-corrected chi connectivity index (χ4v) is 1.72. The van der Waals surface area contributed by atoms with Gasteiger partial charge in [0.25, 0.3) is 0 Å². The highest BCUT2D eigenvalue weighted by molar-refractivity contribution is 5.05. The molecule has 0 bridgehead atoms. The number of hydrogen-bond acceptors (Lipinski definition) is 3. The normalized spacial score (nSPS) is 20.7. The van der Waals surface area contributed by atoms with Gasteiger partial charge in [-0.15, -0.1) is 0 Å². The minimum Gasteiger partial charge on any atom is -0.472 e. The van der Waals surface area contributed by atoms with E-state index >= 15 is 0 Å². The molecule has 72 valence electrons. The van der Waals surface area contributed by atoms with Gasteiger partial charge in [-0.3, -0.25) is 4.90 Å². The summed E-state index contributed by atoms with van der Waals surface area (Å²) in [4.78, 5) is 2.34. The van der Waals surface area contributed by atoms with Crippen LogP contribution in [0.25, 0.3) is 0 Å². The van der Waals surface area contributed by atoms with Crippen molar-refractivity contribution in [3.8, 4) is 0 Å². The summed E-state index contributed by atoms with van der Waals surface area (Å²) in [6.07, 6.45) is 5.20. The van der Waals surface area contributed by atoms with Gasteiger partial charge in [-0.05, 0) is 18.9 Å². The van der Waals surface area contributed by atoms with Gasteiger partial charge in [0, 0.05) is 25.2 Å². The highest BCUT2D eigenvalue weighted by atomic mass is 16.3. The molecule has 0 spiro atoms. The van der Waals surface area contributed by atoms with Crippen LogP contribution < -0.4 is 0 Å². The van der Waals surface area contributed by atoms with Gasteiger partial charge in [0.05, 0.1) is 18.6 Å². The predicted octanol–water partition coefficient (Wildman–Crippen LogP) is 1.24. The Labute approximate surface area is 78.0 Å². The SMILES string of the molecule is OC1CCN(Cc2ccoc2)CC1. The van der Waals surface area contributed by atoms with E-state index in [0.29, 0.717) is 0 Å². The van der Waals surface area contributed by atoms with Crippen molar-refractivity contribution in [1.29, 1.82) is 0 Å². The number of nitrogens with zero attached hydrogens (tertiary/aromatic N) is 1. The number of aliphatic hydroxyl groups is 1. The van der Waals surface area contributed by atoms with Crippen molar-refractivity contribution < 1.29 is 9.52 Å². The van der Waals surface area contributed by atoms with E-state index in [1.165, 1.54) is 5.56 Å². The molecule has 1 aromatic heterocycles. The van der Waals surface area contributed by atoms with Gasteiger partial charge in [0.1, 0.15) is 0 Å². The molecule has 1 aliphatic rings. The first-order valence-corrected chi connectivity index (χ1v) is 4.76. The number of piperidine rings is 1. The smallest absolute Gasteiger partial charge is 0.0947 e. The quantitative estimate of drug-likeness (QED) is 0.745. The van der Waals surface area contributed by atoms with Crippen molar-refractivity contribution in [3.63, 3.8) is 0 Å². The molecule has 1 saturated heterocycles. The minimum absolute atomic E-state index is 0.0828. The molecule has 3 heteroatoms. The van der Waals surface area contributed by atoms with Crippen LogP contribution in [0.1, 0.15) is 18.4 Å². The highest BCUT2D eigenvalue weighted by Gasteiger charge is 2.16. The average molecular weight is 181 g/mol. The van der Waals surface area contributed by atoms with E-state index in [9.17, 15) is 5.11 Å². The van der Waals surface area contributed by atoms with E-state index in [-0.39, 0.29) is 6.10 Å². The van der Waals surface area contributed by atoms with Crippen molar-refractivity contribution in [2.45, 2.75) is 25.5 Å². The van der Waals surface area contributed by atoms with Crippen molar-refractivity contribution in [3.05, 3.63) is 24.2 Å². The lowest BCUT2D eigenvalue weighted by atomic mass is 10.1.